The number of halogens is 3. The summed E-state index contributed by atoms with van der Waals surface area (Å²) in [5, 5.41) is 37.3. The number of rotatable bonds is 3. The lowest BCUT2D eigenvalue weighted by Gasteiger charge is -2.11. The maximum absolute atomic E-state index is 14.4. The second-order valence-electron chi connectivity index (χ2n) is 7.58. The molecule has 0 amide bonds. The van der Waals surface area contributed by atoms with Crippen molar-refractivity contribution in [2.45, 2.75) is 0 Å². The fraction of sp³-hybridized carbons (Fsp3) is 0. The average molecular weight is 513 g/mol. The second-order valence-corrected chi connectivity index (χ2v) is 7.58. The van der Waals surface area contributed by atoms with Gasteiger partial charge in [-0.25, -0.2) is 37.8 Å². The molecule has 0 aliphatic rings. The smallest absolute Gasteiger partial charge is 0.224 e. The van der Waals surface area contributed by atoms with Crippen molar-refractivity contribution in [3.8, 4) is 58.4 Å². The molecule has 0 aliphatic heterocycles. The third-order valence-corrected chi connectivity index (χ3v) is 5.31. The molecule has 0 spiro atoms. The van der Waals surface area contributed by atoms with Gasteiger partial charge in [0.05, 0.1) is 35.4 Å². The van der Waals surface area contributed by atoms with Gasteiger partial charge in [-0.3, -0.25) is 0 Å². The Labute approximate surface area is 218 Å². The zero-order valence-corrected chi connectivity index (χ0v) is 19.1. The van der Waals surface area contributed by atoms with Gasteiger partial charge < -0.3 is 0 Å². The van der Waals surface area contributed by atoms with Gasteiger partial charge in [-0.15, -0.1) is 0 Å². The second kappa shape index (κ2) is 10.2. The molecule has 0 radical (unpaired) electrons. The molecule has 0 bridgehead atoms. The van der Waals surface area contributed by atoms with Gasteiger partial charge in [-0.05, 0) is 36.4 Å². The first-order chi connectivity index (χ1) is 18.8. The van der Waals surface area contributed by atoms with E-state index in [4.69, 9.17) is 13.1 Å². The monoisotopic (exact) mass is 513 g/mol. The number of benzene rings is 3. The summed E-state index contributed by atoms with van der Waals surface area (Å²) >= 11 is 0. The van der Waals surface area contributed by atoms with Crippen molar-refractivity contribution in [3.05, 3.63) is 98.9 Å². The maximum Gasteiger partial charge on any atom is 0.224 e. The molecule has 4 rings (SSSR count). The molecule has 0 saturated heterocycles. The molecule has 4 aromatic rings. The van der Waals surface area contributed by atoms with Crippen LogP contribution in [-0.2, 0) is 0 Å². The molecule has 3 aromatic carbocycles. The normalized spacial score (nSPS) is 9.77. The summed E-state index contributed by atoms with van der Waals surface area (Å²) in [6.07, 6.45) is 0. The summed E-state index contributed by atoms with van der Waals surface area (Å²) in [7, 11) is 0. The van der Waals surface area contributed by atoms with E-state index in [1.165, 1.54) is 0 Å². The van der Waals surface area contributed by atoms with Crippen molar-refractivity contribution in [2.75, 3.05) is 0 Å². The lowest BCUT2D eigenvalue weighted by atomic mass is 10.0. The molecule has 1 heterocycles. The zero-order valence-electron chi connectivity index (χ0n) is 19.1. The van der Waals surface area contributed by atoms with Crippen LogP contribution in [-0.4, -0.2) is 15.0 Å². The van der Waals surface area contributed by atoms with Gasteiger partial charge >= 0.3 is 0 Å². The number of hydrogen-bond donors (Lipinski definition) is 0. The lowest BCUT2D eigenvalue weighted by molar-refractivity contribution is 0.620. The van der Waals surface area contributed by atoms with E-state index < -0.39 is 51.1 Å². The molecule has 0 aliphatic carbocycles. The molecular weight excluding hydrogens is 507 g/mol. The van der Waals surface area contributed by atoms with E-state index in [9.17, 15) is 34.2 Å². The Bertz CT molecular complexity index is 1630. The van der Waals surface area contributed by atoms with Gasteiger partial charge in [0, 0.05) is 16.7 Å². The Balaban J connectivity index is 2.10. The highest BCUT2D eigenvalue weighted by Crippen LogP contribution is 2.33. The molecule has 0 unspecified atom stereocenters. The minimum atomic E-state index is -1.06. The summed E-state index contributed by atoms with van der Waals surface area (Å²) in [5.74, 6) is -3.82. The van der Waals surface area contributed by atoms with Crippen molar-refractivity contribution in [1.82, 2.24) is 15.0 Å². The Kier molecular flexibility index (Phi) is 6.65. The highest BCUT2D eigenvalue weighted by molar-refractivity contribution is 5.74. The van der Waals surface area contributed by atoms with E-state index >= 15 is 0 Å². The Hall–Kier alpha value is -6.60. The summed E-state index contributed by atoms with van der Waals surface area (Å²) in [6.45, 7) is 14.4. The van der Waals surface area contributed by atoms with Crippen LogP contribution in [0.1, 0.15) is 22.3 Å². The van der Waals surface area contributed by atoms with Crippen LogP contribution in [0.3, 0.4) is 0 Å². The summed E-state index contributed by atoms with van der Waals surface area (Å²) in [6, 6.07) is 13.0. The predicted octanol–water partition coefficient (Wildman–Crippen LogP) is 5.88. The summed E-state index contributed by atoms with van der Waals surface area (Å²) < 4.78 is 43.2. The third kappa shape index (κ3) is 4.53. The van der Waals surface area contributed by atoms with Crippen LogP contribution in [0.15, 0.2) is 36.4 Å². The van der Waals surface area contributed by atoms with E-state index in [-0.39, 0.29) is 34.2 Å². The molecule has 180 valence electrons. The minimum absolute atomic E-state index is 0.00000386. The molecule has 39 heavy (non-hydrogen) atoms. The van der Waals surface area contributed by atoms with Crippen LogP contribution in [0.2, 0.25) is 0 Å². The van der Waals surface area contributed by atoms with E-state index in [0.717, 1.165) is 36.4 Å². The third-order valence-electron chi connectivity index (χ3n) is 5.31. The average Bonchev–Trinajstić information content (AvgIpc) is 2.97. The number of nitrogens with zero attached hydrogens (tertiary/aromatic N) is 9. The SMILES string of the molecule is [C-]#[N+]c1cc(-c2nc(-c3cc(C#N)c(F)c(C#N)c3)nc(-c3cc(C#N)c(F)c([N+]#[C-])c3)n2)cc(C#N)c1F. The maximum atomic E-state index is 14.4. The van der Waals surface area contributed by atoms with Gasteiger partial charge in [-0.1, -0.05) is 0 Å². The molecule has 0 N–H and O–H groups in total. The quantitative estimate of drug-likeness (QED) is 0.311. The van der Waals surface area contributed by atoms with Crippen LogP contribution < -0.4 is 0 Å². The van der Waals surface area contributed by atoms with Gasteiger partial charge in [0.15, 0.2) is 23.3 Å². The molecule has 0 saturated carbocycles. The molecule has 0 fully saturated rings. The largest absolute Gasteiger partial charge is 0.235 e. The Morgan fingerprint density at radius 1 is 0.513 bits per heavy atom. The first kappa shape index (κ1) is 25.5. The Morgan fingerprint density at radius 3 is 1.08 bits per heavy atom. The molecular formula is C27H6F3N9. The topological polar surface area (TPSA) is 143 Å². The van der Waals surface area contributed by atoms with Crippen LogP contribution in [0, 0.1) is 75.9 Å². The van der Waals surface area contributed by atoms with Gasteiger partial charge in [0.2, 0.25) is 11.4 Å². The van der Waals surface area contributed by atoms with Crippen LogP contribution in [0.25, 0.3) is 43.9 Å². The van der Waals surface area contributed by atoms with Crippen LogP contribution in [0.5, 0.6) is 0 Å². The molecule has 9 nitrogen and oxygen atoms in total. The first-order valence-electron chi connectivity index (χ1n) is 10.4. The number of aromatic nitrogens is 3. The van der Waals surface area contributed by atoms with Crippen molar-refractivity contribution in [1.29, 1.82) is 21.0 Å². The fourth-order valence-electron chi connectivity index (χ4n) is 3.48. The predicted molar refractivity (Wildman–Crippen MR) is 127 cm³/mol. The lowest BCUT2D eigenvalue weighted by Crippen LogP contribution is -2.02. The highest BCUT2D eigenvalue weighted by atomic mass is 19.1. The highest BCUT2D eigenvalue weighted by Gasteiger charge is 2.20. The van der Waals surface area contributed by atoms with Crippen molar-refractivity contribution in [3.63, 3.8) is 0 Å². The van der Waals surface area contributed by atoms with Gasteiger partial charge in [0.25, 0.3) is 0 Å². The number of hydrogen-bond acceptors (Lipinski definition) is 7. The van der Waals surface area contributed by atoms with Gasteiger partial charge in [-0.2, -0.15) is 21.0 Å². The van der Waals surface area contributed by atoms with Crippen molar-refractivity contribution in [2.24, 2.45) is 0 Å². The zero-order chi connectivity index (χ0) is 28.3. The van der Waals surface area contributed by atoms with Crippen molar-refractivity contribution < 1.29 is 13.2 Å². The van der Waals surface area contributed by atoms with Crippen molar-refractivity contribution >= 4 is 11.4 Å². The van der Waals surface area contributed by atoms with E-state index in [2.05, 4.69) is 24.6 Å². The van der Waals surface area contributed by atoms with E-state index in [1.807, 2.05) is 0 Å². The number of nitriles is 4. The van der Waals surface area contributed by atoms with E-state index in [1.54, 1.807) is 24.3 Å². The summed E-state index contributed by atoms with van der Waals surface area (Å²) in [4.78, 5) is 18.9. The molecule has 1 aromatic heterocycles. The van der Waals surface area contributed by atoms with Crippen LogP contribution >= 0.6 is 0 Å². The first-order valence-corrected chi connectivity index (χ1v) is 10.4. The van der Waals surface area contributed by atoms with Gasteiger partial charge in [0.1, 0.15) is 35.9 Å². The minimum Gasteiger partial charge on any atom is -0.235 e. The molecule has 12 heteroatoms. The summed E-state index contributed by atoms with van der Waals surface area (Å²) in [5.41, 5.74) is -2.94. The van der Waals surface area contributed by atoms with E-state index in [0.29, 0.717) is 0 Å². The molecule has 0 atom stereocenters. The fourth-order valence-corrected chi connectivity index (χ4v) is 3.48. The Morgan fingerprint density at radius 2 is 0.795 bits per heavy atom. The standard InChI is InChI=1S/C27H6F3N9/c1-35-20-7-14(5-18(11-33)23(20)29)26-37-25(13-3-16(9-31)22(28)17(4-13)10-32)38-27(39-26)15-6-19(12-34)24(30)21(8-15)36-2/h3-8H. The van der Waals surface area contributed by atoms with Crippen LogP contribution in [0.4, 0.5) is 24.5 Å².